The molecule has 19 heavy (non-hydrogen) atoms. The normalized spacial score (nSPS) is 14.1. The number of ether oxygens (including phenoxy) is 1. The van der Waals surface area contributed by atoms with Crippen molar-refractivity contribution < 1.29 is 14.3 Å². The molecule has 0 aliphatic heterocycles. The SMILES string of the molecule is CC(CC=O)C[C@H](N=[N+]=[N-])C(=O)OCC[Si](C)(C)C. The van der Waals surface area contributed by atoms with Crippen LogP contribution in [0.25, 0.3) is 10.4 Å². The van der Waals surface area contributed by atoms with E-state index in [1.54, 1.807) is 0 Å². The largest absolute Gasteiger partial charge is 0.466 e. The highest BCUT2D eigenvalue weighted by atomic mass is 28.3. The molecule has 0 saturated carbocycles. The van der Waals surface area contributed by atoms with E-state index in [0.717, 1.165) is 12.3 Å². The molecule has 0 amide bonds. The van der Waals surface area contributed by atoms with Crippen molar-refractivity contribution in [1.82, 2.24) is 0 Å². The summed E-state index contributed by atoms with van der Waals surface area (Å²) in [5, 5.41) is 3.46. The molecule has 2 atom stereocenters. The predicted molar refractivity (Wildman–Crippen MR) is 76.5 cm³/mol. The number of rotatable bonds is 9. The smallest absolute Gasteiger partial charge is 0.314 e. The lowest BCUT2D eigenvalue weighted by molar-refractivity contribution is -0.145. The van der Waals surface area contributed by atoms with Crippen LogP contribution >= 0.6 is 0 Å². The Bertz CT molecular complexity index is 349. The van der Waals surface area contributed by atoms with Gasteiger partial charge in [0.1, 0.15) is 12.3 Å². The Kier molecular flexibility index (Phi) is 8.10. The van der Waals surface area contributed by atoms with Gasteiger partial charge in [0.25, 0.3) is 0 Å². The third-order valence-corrected chi connectivity index (χ3v) is 4.39. The molecule has 7 heteroatoms. The Labute approximate surface area is 115 Å². The average Bonchev–Trinajstić information content (AvgIpc) is 2.27. The molecular formula is C12H23N3O3Si. The zero-order chi connectivity index (χ0) is 14.9. The lowest BCUT2D eigenvalue weighted by Gasteiger charge is -2.18. The lowest BCUT2D eigenvalue weighted by atomic mass is 10.00. The van der Waals surface area contributed by atoms with Gasteiger partial charge in [0.15, 0.2) is 0 Å². The first kappa shape index (κ1) is 17.7. The van der Waals surface area contributed by atoms with Gasteiger partial charge in [-0.05, 0) is 23.9 Å². The Morgan fingerprint density at radius 3 is 2.58 bits per heavy atom. The summed E-state index contributed by atoms with van der Waals surface area (Å²) < 4.78 is 5.15. The number of hydrogen-bond acceptors (Lipinski definition) is 4. The number of carbonyl (C=O) groups excluding carboxylic acids is 2. The fraction of sp³-hybridized carbons (Fsp3) is 0.833. The van der Waals surface area contributed by atoms with Gasteiger partial charge < -0.3 is 9.53 Å². The molecule has 0 spiro atoms. The van der Waals surface area contributed by atoms with E-state index in [9.17, 15) is 9.59 Å². The van der Waals surface area contributed by atoms with Crippen LogP contribution in [0.1, 0.15) is 19.8 Å². The molecule has 0 aromatic rings. The van der Waals surface area contributed by atoms with Crippen LogP contribution < -0.4 is 0 Å². The highest BCUT2D eigenvalue weighted by Crippen LogP contribution is 2.14. The maximum absolute atomic E-state index is 11.8. The molecule has 0 bridgehead atoms. The summed E-state index contributed by atoms with van der Waals surface area (Å²) in [6.45, 7) is 8.78. The number of hydrogen-bond donors (Lipinski definition) is 0. The third kappa shape index (κ3) is 9.27. The Balaban J connectivity index is 4.33. The second-order valence-electron chi connectivity index (χ2n) is 5.94. The molecule has 0 aliphatic rings. The summed E-state index contributed by atoms with van der Waals surface area (Å²) in [7, 11) is -1.25. The molecule has 0 aliphatic carbocycles. The molecule has 0 saturated heterocycles. The zero-order valence-corrected chi connectivity index (χ0v) is 13.1. The minimum absolute atomic E-state index is 0.00228. The van der Waals surface area contributed by atoms with Crippen molar-refractivity contribution in [3.63, 3.8) is 0 Å². The van der Waals surface area contributed by atoms with Crippen molar-refractivity contribution >= 4 is 20.3 Å². The van der Waals surface area contributed by atoms with Crippen LogP contribution in [0, 0.1) is 5.92 Å². The van der Waals surface area contributed by atoms with Crippen molar-refractivity contribution in [2.75, 3.05) is 6.61 Å². The molecule has 0 rings (SSSR count). The van der Waals surface area contributed by atoms with E-state index >= 15 is 0 Å². The Morgan fingerprint density at radius 2 is 2.11 bits per heavy atom. The van der Waals surface area contributed by atoms with Crippen LogP contribution in [0.2, 0.25) is 25.7 Å². The number of carbonyl (C=O) groups is 2. The lowest BCUT2D eigenvalue weighted by Crippen LogP contribution is -2.27. The molecule has 0 aromatic carbocycles. The van der Waals surface area contributed by atoms with Crippen LogP contribution in [-0.4, -0.2) is 33.0 Å². The van der Waals surface area contributed by atoms with Gasteiger partial charge in [-0.25, -0.2) is 0 Å². The number of nitrogens with zero attached hydrogens (tertiary/aromatic N) is 3. The summed E-state index contributed by atoms with van der Waals surface area (Å²) in [5.74, 6) is -0.494. The molecule has 0 N–H and O–H groups in total. The van der Waals surface area contributed by atoms with E-state index in [1.807, 2.05) is 6.92 Å². The Morgan fingerprint density at radius 1 is 1.47 bits per heavy atom. The molecule has 0 radical (unpaired) electrons. The highest BCUT2D eigenvalue weighted by molar-refractivity contribution is 6.76. The molecule has 108 valence electrons. The zero-order valence-electron chi connectivity index (χ0n) is 12.1. The van der Waals surface area contributed by atoms with Gasteiger partial charge in [0.05, 0.1) is 6.61 Å². The maximum atomic E-state index is 11.8. The second kappa shape index (κ2) is 8.71. The van der Waals surface area contributed by atoms with E-state index in [-0.39, 0.29) is 5.92 Å². The summed E-state index contributed by atoms with van der Waals surface area (Å²) in [4.78, 5) is 24.9. The number of azide groups is 1. The average molecular weight is 285 g/mol. The first-order chi connectivity index (χ1) is 8.80. The first-order valence-electron chi connectivity index (χ1n) is 6.44. The van der Waals surface area contributed by atoms with Crippen LogP contribution in [0.4, 0.5) is 0 Å². The topological polar surface area (TPSA) is 92.1 Å². The third-order valence-electron chi connectivity index (χ3n) is 2.68. The summed E-state index contributed by atoms with van der Waals surface area (Å²) in [6.07, 6.45) is 1.49. The van der Waals surface area contributed by atoms with Gasteiger partial charge in [-0.2, -0.15) is 0 Å². The van der Waals surface area contributed by atoms with Gasteiger partial charge in [-0.3, -0.25) is 4.79 Å². The fourth-order valence-electron chi connectivity index (χ4n) is 1.45. The summed E-state index contributed by atoms with van der Waals surface area (Å²) in [5.41, 5.74) is 8.47. The molecule has 0 fully saturated rings. The van der Waals surface area contributed by atoms with Gasteiger partial charge in [-0.15, -0.1) is 0 Å². The molecule has 6 nitrogen and oxygen atoms in total. The van der Waals surface area contributed by atoms with E-state index in [4.69, 9.17) is 10.3 Å². The van der Waals surface area contributed by atoms with Gasteiger partial charge >= 0.3 is 5.97 Å². The van der Waals surface area contributed by atoms with Crippen molar-refractivity contribution in [1.29, 1.82) is 0 Å². The Hall–Kier alpha value is -1.33. The van der Waals surface area contributed by atoms with Crippen LogP contribution in [0.3, 0.4) is 0 Å². The molecule has 1 unspecified atom stereocenters. The fourth-order valence-corrected chi connectivity index (χ4v) is 2.16. The van der Waals surface area contributed by atoms with Crippen molar-refractivity contribution in [3.8, 4) is 0 Å². The van der Waals surface area contributed by atoms with Crippen molar-refractivity contribution in [2.45, 2.75) is 51.5 Å². The van der Waals surface area contributed by atoms with Gasteiger partial charge in [-0.1, -0.05) is 31.7 Å². The molecular weight excluding hydrogens is 262 g/mol. The second-order valence-corrected chi connectivity index (χ2v) is 11.6. The van der Waals surface area contributed by atoms with Gasteiger partial charge in [0, 0.05) is 19.4 Å². The van der Waals surface area contributed by atoms with Crippen LogP contribution in [0.15, 0.2) is 5.11 Å². The highest BCUT2D eigenvalue weighted by Gasteiger charge is 2.22. The minimum Gasteiger partial charge on any atom is -0.466 e. The number of aldehydes is 1. The van der Waals surface area contributed by atoms with Gasteiger partial charge in [0.2, 0.25) is 0 Å². The van der Waals surface area contributed by atoms with Crippen LogP contribution in [-0.2, 0) is 14.3 Å². The summed E-state index contributed by atoms with van der Waals surface area (Å²) >= 11 is 0. The standard InChI is InChI=1S/C12H23N3O3Si/c1-10(5-6-16)9-11(14-15-13)12(17)18-7-8-19(2,3)4/h6,10-11H,5,7-9H2,1-4H3/t10?,11-/m0/s1. The van der Waals surface area contributed by atoms with E-state index < -0.39 is 20.1 Å². The van der Waals surface area contributed by atoms with Crippen LogP contribution in [0.5, 0.6) is 0 Å². The molecule has 0 heterocycles. The van der Waals surface area contributed by atoms with E-state index in [0.29, 0.717) is 19.4 Å². The predicted octanol–water partition coefficient (Wildman–Crippen LogP) is 3.16. The maximum Gasteiger partial charge on any atom is 0.314 e. The monoisotopic (exact) mass is 285 g/mol. The van der Waals surface area contributed by atoms with E-state index in [2.05, 4.69) is 29.7 Å². The quantitative estimate of drug-likeness (QED) is 0.163. The minimum atomic E-state index is -1.25. The van der Waals surface area contributed by atoms with Crippen molar-refractivity contribution in [2.24, 2.45) is 11.0 Å². The van der Waals surface area contributed by atoms with Crippen molar-refractivity contribution in [3.05, 3.63) is 10.4 Å². The number of esters is 1. The van der Waals surface area contributed by atoms with E-state index in [1.165, 1.54) is 0 Å². The first-order valence-corrected chi connectivity index (χ1v) is 10.2. The molecule has 0 aromatic heterocycles. The summed E-state index contributed by atoms with van der Waals surface area (Å²) in [6, 6.07) is 0.0487.